The second kappa shape index (κ2) is 9.60. The normalized spacial score (nSPS) is 34.0. The van der Waals surface area contributed by atoms with E-state index < -0.39 is 0 Å². The van der Waals surface area contributed by atoms with Crippen molar-refractivity contribution in [1.29, 1.82) is 0 Å². The van der Waals surface area contributed by atoms with Crippen molar-refractivity contribution in [3.8, 4) is 0 Å². The monoisotopic (exact) mass is 445 g/mol. The molecule has 4 heterocycles. The quantitative estimate of drug-likeness (QED) is 0.600. The smallest absolute Gasteiger partial charge is 0.343 e. The molecule has 32 heavy (non-hydrogen) atoms. The molecule has 0 aromatic heterocycles. The van der Waals surface area contributed by atoms with Crippen LogP contribution in [0.15, 0.2) is 34.7 Å². The minimum atomic E-state index is -0.370. The number of carbonyl (C=O) groups is 1. The molecule has 5 atom stereocenters. The molecule has 4 aliphatic rings. The van der Waals surface area contributed by atoms with Gasteiger partial charge in [-0.1, -0.05) is 40.0 Å². The summed E-state index contributed by atoms with van der Waals surface area (Å²) in [5.74, 6) is 3.17. The molecular formula is C26H39NO5. The van der Waals surface area contributed by atoms with Crippen LogP contribution < -0.4 is 0 Å². The lowest BCUT2D eigenvalue weighted by Gasteiger charge is -2.46. The Bertz CT molecular complexity index is 826. The maximum Gasteiger partial charge on any atom is 0.343 e. The van der Waals surface area contributed by atoms with Crippen LogP contribution >= 0.6 is 0 Å². The van der Waals surface area contributed by atoms with E-state index in [9.17, 15) is 9.90 Å². The molecule has 1 N–H and O–H groups in total. The van der Waals surface area contributed by atoms with Crippen LogP contribution in [-0.2, 0) is 19.0 Å². The van der Waals surface area contributed by atoms with E-state index in [-0.39, 0.29) is 30.0 Å². The van der Waals surface area contributed by atoms with Gasteiger partial charge in [0, 0.05) is 30.5 Å². The van der Waals surface area contributed by atoms with Crippen LogP contribution in [0, 0.1) is 17.8 Å². The minimum Gasteiger partial charge on any atom is -0.492 e. The number of nitrogens with zero attached hydrogens (tertiary/aromatic N) is 1. The third kappa shape index (κ3) is 4.24. The van der Waals surface area contributed by atoms with E-state index in [0.717, 1.165) is 57.2 Å². The highest BCUT2D eigenvalue weighted by atomic mass is 16.6. The Balaban J connectivity index is 1.57. The fourth-order valence-electron chi connectivity index (χ4n) is 6.07. The van der Waals surface area contributed by atoms with Gasteiger partial charge in [-0.3, -0.25) is 4.90 Å². The molecule has 0 spiro atoms. The average molecular weight is 446 g/mol. The van der Waals surface area contributed by atoms with Gasteiger partial charge in [-0.2, -0.15) is 0 Å². The van der Waals surface area contributed by atoms with Crippen LogP contribution in [0.3, 0.4) is 0 Å². The first kappa shape index (κ1) is 23.4. The molecule has 2 fully saturated rings. The Morgan fingerprint density at radius 1 is 1.25 bits per heavy atom. The molecule has 0 bridgehead atoms. The zero-order valence-electron chi connectivity index (χ0n) is 20.2. The standard InChI is InChI=1S/C26H39NO5/c1-15(2)9-6-12-20(28)18-10-7-11-19-22-16(3)24(31-21(22)13-8-14-27(18)19)25-23(30-5)17(4)26(29)32-25/h13,15-16,18-20,22,28H,6-12,14H2,1-5H3. The van der Waals surface area contributed by atoms with E-state index in [1.165, 1.54) is 0 Å². The minimum absolute atomic E-state index is 0.0718. The average Bonchev–Trinajstić information content (AvgIpc) is 3.14. The first-order chi connectivity index (χ1) is 15.3. The van der Waals surface area contributed by atoms with Gasteiger partial charge in [0.15, 0.2) is 11.5 Å². The van der Waals surface area contributed by atoms with Crippen LogP contribution in [0.5, 0.6) is 0 Å². The largest absolute Gasteiger partial charge is 0.492 e. The fraction of sp³-hybridized carbons (Fsp3) is 0.731. The topological polar surface area (TPSA) is 68.2 Å². The van der Waals surface area contributed by atoms with Crippen molar-refractivity contribution in [2.45, 2.75) is 90.8 Å². The Kier molecular flexibility index (Phi) is 7.01. The number of hydrogen-bond donors (Lipinski definition) is 1. The van der Waals surface area contributed by atoms with E-state index in [4.69, 9.17) is 14.2 Å². The number of hydrogen-bond acceptors (Lipinski definition) is 6. The molecule has 0 aliphatic carbocycles. The number of fused-ring (bicyclic) bond motifs is 3. The fourth-order valence-corrected chi connectivity index (χ4v) is 6.07. The highest BCUT2D eigenvalue weighted by Crippen LogP contribution is 2.49. The Labute approximate surface area is 192 Å². The van der Waals surface area contributed by atoms with Crippen molar-refractivity contribution >= 4 is 5.97 Å². The summed E-state index contributed by atoms with van der Waals surface area (Å²) in [6, 6.07) is 0.530. The Hall–Kier alpha value is -1.79. The number of carbonyl (C=O) groups excluding carboxylic acids is 1. The van der Waals surface area contributed by atoms with Gasteiger partial charge >= 0.3 is 5.97 Å². The van der Waals surface area contributed by atoms with Gasteiger partial charge in [0.1, 0.15) is 5.76 Å². The molecule has 4 rings (SSSR count). The highest BCUT2D eigenvalue weighted by Gasteiger charge is 2.49. The van der Waals surface area contributed by atoms with Gasteiger partial charge in [-0.15, -0.1) is 0 Å². The van der Waals surface area contributed by atoms with E-state index in [1.807, 2.05) is 0 Å². The predicted molar refractivity (Wildman–Crippen MR) is 122 cm³/mol. The summed E-state index contributed by atoms with van der Waals surface area (Å²) in [5.41, 5.74) is 0.482. The summed E-state index contributed by atoms with van der Waals surface area (Å²) in [6.45, 7) is 9.32. The van der Waals surface area contributed by atoms with Crippen molar-refractivity contribution in [2.24, 2.45) is 17.8 Å². The molecule has 0 aromatic carbocycles. The van der Waals surface area contributed by atoms with Crippen molar-refractivity contribution < 1.29 is 24.1 Å². The number of aliphatic hydroxyl groups excluding tert-OH is 1. The van der Waals surface area contributed by atoms with Crippen LogP contribution in [0.4, 0.5) is 0 Å². The maximum atomic E-state index is 12.2. The van der Waals surface area contributed by atoms with Crippen LogP contribution in [-0.4, -0.2) is 47.8 Å². The van der Waals surface area contributed by atoms with E-state index in [2.05, 4.69) is 31.7 Å². The summed E-state index contributed by atoms with van der Waals surface area (Å²) in [4.78, 5) is 14.7. The summed E-state index contributed by atoms with van der Waals surface area (Å²) in [5, 5.41) is 11.1. The molecule has 0 aromatic rings. The van der Waals surface area contributed by atoms with Gasteiger partial charge < -0.3 is 19.3 Å². The number of ether oxygens (including phenoxy) is 3. The van der Waals surface area contributed by atoms with Gasteiger partial charge in [0.2, 0.25) is 5.76 Å². The summed E-state index contributed by atoms with van der Waals surface area (Å²) in [7, 11) is 1.56. The molecule has 6 heteroatoms. The maximum absolute atomic E-state index is 12.2. The second-order valence-electron chi connectivity index (χ2n) is 10.2. The number of allylic oxidation sites excluding steroid dienone is 1. The number of piperidine rings is 1. The molecule has 2 saturated heterocycles. The van der Waals surface area contributed by atoms with Crippen molar-refractivity contribution in [2.75, 3.05) is 13.7 Å². The van der Waals surface area contributed by atoms with E-state index in [0.29, 0.717) is 34.8 Å². The molecule has 0 radical (unpaired) electrons. The number of methoxy groups -OCH3 is 1. The van der Waals surface area contributed by atoms with Gasteiger partial charge in [0.25, 0.3) is 0 Å². The second-order valence-corrected chi connectivity index (χ2v) is 10.2. The first-order valence-electron chi connectivity index (χ1n) is 12.4. The van der Waals surface area contributed by atoms with Crippen molar-refractivity contribution in [3.05, 3.63) is 34.7 Å². The lowest BCUT2D eigenvalue weighted by Crippen LogP contribution is -2.54. The van der Waals surface area contributed by atoms with Crippen LogP contribution in [0.2, 0.25) is 0 Å². The molecular weight excluding hydrogens is 406 g/mol. The molecule has 0 amide bonds. The van der Waals surface area contributed by atoms with E-state index in [1.54, 1.807) is 14.0 Å². The Morgan fingerprint density at radius 3 is 2.75 bits per heavy atom. The molecule has 178 valence electrons. The van der Waals surface area contributed by atoms with Gasteiger partial charge in [0.05, 0.1) is 18.8 Å². The third-order valence-electron chi connectivity index (χ3n) is 7.71. The molecule has 5 unspecified atom stereocenters. The number of rotatable bonds is 6. The lowest BCUT2D eigenvalue weighted by atomic mass is 9.79. The van der Waals surface area contributed by atoms with Gasteiger partial charge in [-0.25, -0.2) is 4.79 Å². The Morgan fingerprint density at radius 2 is 2.03 bits per heavy atom. The SMILES string of the molecule is COC1=C(C)C(=O)OC1=C1OC2=CCCN3C(C(O)CCCC(C)C)CCCC3C2C1C. The van der Waals surface area contributed by atoms with Crippen LogP contribution in [0.25, 0.3) is 0 Å². The molecule has 6 nitrogen and oxygen atoms in total. The third-order valence-corrected chi connectivity index (χ3v) is 7.71. The predicted octanol–water partition coefficient (Wildman–Crippen LogP) is 4.66. The van der Waals surface area contributed by atoms with E-state index >= 15 is 0 Å². The summed E-state index contributed by atoms with van der Waals surface area (Å²) in [6.07, 6.45) is 9.20. The van der Waals surface area contributed by atoms with Crippen molar-refractivity contribution in [1.82, 2.24) is 4.90 Å². The number of cyclic esters (lactones) is 1. The number of esters is 1. The zero-order chi connectivity index (χ0) is 23.0. The lowest BCUT2D eigenvalue weighted by molar-refractivity contribution is -0.133. The summed E-state index contributed by atoms with van der Waals surface area (Å²) < 4.78 is 17.4. The van der Waals surface area contributed by atoms with Gasteiger partial charge in [-0.05, 0) is 44.6 Å². The molecule has 4 aliphatic heterocycles. The molecule has 0 saturated carbocycles. The number of aliphatic hydroxyl groups is 1. The summed E-state index contributed by atoms with van der Waals surface area (Å²) >= 11 is 0. The highest BCUT2D eigenvalue weighted by molar-refractivity contribution is 5.93. The van der Waals surface area contributed by atoms with Crippen molar-refractivity contribution in [3.63, 3.8) is 0 Å². The van der Waals surface area contributed by atoms with Crippen LogP contribution in [0.1, 0.15) is 72.6 Å². The first-order valence-corrected chi connectivity index (χ1v) is 12.4. The zero-order valence-corrected chi connectivity index (χ0v) is 20.2.